The number of allylic oxidation sites excluding steroid dienone is 3. The molecular formula is C58H50Cl2N18O20S5. The average molecular weight is 1550 g/mol. The van der Waals surface area contributed by atoms with Crippen LogP contribution in [0, 0.1) is 6.92 Å². The summed E-state index contributed by atoms with van der Waals surface area (Å²) in [6.45, 7) is 3.87. The Morgan fingerprint density at radius 3 is 1.37 bits per heavy atom. The minimum atomic E-state index is -5.17. The molecule has 2 amide bonds. The Labute approximate surface area is 592 Å². The van der Waals surface area contributed by atoms with E-state index in [0.717, 1.165) is 37.3 Å². The molecule has 45 heteroatoms. The molecule has 10 rings (SSSR count). The van der Waals surface area contributed by atoms with Gasteiger partial charge in [-0.2, -0.15) is 82.2 Å². The highest BCUT2D eigenvalue weighted by Gasteiger charge is 2.27. The third kappa shape index (κ3) is 17.9. The molecule has 0 radical (unpaired) electrons. The van der Waals surface area contributed by atoms with E-state index in [0.29, 0.717) is 12.5 Å². The molecule has 103 heavy (non-hydrogen) atoms. The lowest BCUT2D eigenvalue weighted by atomic mass is 10.1. The molecule has 2 aromatic heterocycles. The summed E-state index contributed by atoms with van der Waals surface area (Å²) < 4.78 is 191. The van der Waals surface area contributed by atoms with Crippen LogP contribution in [0.25, 0.3) is 21.5 Å². The van der Waals surface area contributed by atoms with Crippen LogP contribution in [-0.4, -0.2) is 128 Å². The Kier molecular flexibility index (Phi) is 21.4. The van der Waals surface area contributed by atoms with Crippen LogP contribution in [-0.2, 0) is 60.2 Å². The molecule has 0 saturated heterocycles. The van der Waals surface area contributed by atoms with Gasteiger partial charge >= 0.3 is 0 Å². The number of fused-ring (bicyclic) bond motifs is 2. The number of nitrogens with zero attached hydrogens (tertiary/aromatic N) is 12. The second-order valence-corrected chi connectivity index (χ2v) is 29.1. The number of halogens is 2. The van der Waals surface area contributed by atoms with Crippen molar-refractivity contribution in [2.24, 2.45) is 30.7 Å². The number of anilines is 10. The highest BCUT2D eigenvalue weighted by atomic mass is 35.5. The normalized spacial score (nSPS) is 13.1. The number of benzene rings is 7. The van der Waals surface area contributed by atoms with Gasteiger partial charge in [0.05, 0.1) is 76.6 Å². The zero-order valence-corrected chi connectivity index (χ0v) is 58.8. The fourth-order valence-electron chi connectivity index (χ4n) is 9.88. The number of hydrogen-bond acceptors (Lipinski definition) is 31. The highest BCUT2D eigenvalue weighted by molar-refractivity contribution is 7.89. The molecule has 1 aliphatic carbocycles. The third-order valence-corrected chi connectivity index (χ3v) is 19.1. The van der Waals surface area contributed by atoms with Crippen molar-refractivity contribution in [1.29, 1.82) is 0 Å². The number of nitrogens with one attached hydrogen (secondary N) is 6. The molecule has 0 spiro atoms. The van der Waals surface area contributed by atoms with E-state index < -0.39 is 92.6 Å². The maximum atomic E-state index is 12.7. The first-order valence-electron chi connectivity index (χ1n) is 28.7. The molecule has 0 bridgehead atoms. The van der Waals surface area contributed by atoms with Crippen LogP contribution in [0.1, 0.15) is 32.3 Å². The number of azo groups is 3. The zero-order valence-electron chi connectivity index (χ0n) is 53.3. The van der Waals surface area contributed by atoms with E-state index in [2.05, 4.69) is 92.5 Å². The second-order valence-electron chi connectivity index (χ2n) is 21.4. The van der Waals surface area contributed by atoms with Crippen molar-refractivity contribution in [2.45, 2.75) is 53.2 Å². The van der Waals surface area contributed by atoms with Gasteiger partial charge in [-0.3, -0.25) is 32.4 Å². The fraction of sp³-hybridized carbons (Fsp3) is 0.138. The van der Waals surface area contributed by atoms with Crippen LogP contribution >= 0.6 is 23.2 Å². The predicted molar refractivity (Wildman–Crippen MR) is 372 cm³/mol. The lowest BCUT2D eigenvalue weighted by Crippen LogP contribution is -2.09. The summed E-state index contributed by atoms with van der Waals surface area (Å²) in [5, 5.41) is 40.5. The summed E-state index contributed by atoms with van der Waals surface area (Å²) in [7, 11) is -21.0. The van der Waals surface area contributed by atoms with E-state index >= 15 is 0 Å². The molecule has 0 atom stereocenters. The molecule has 1 aliphatic rings. The van der Waals surface area contributed by atoms with Crippen molar-refractivity contribution >= 4 is 194 Å². The van der Waals surface area contributed by atoms with Crippen LogP contribution < -0.4 is 46.1 Å². The Hall–Kier alpha value is -11.0. The molecule has 536 valence electrons. The summed E-state index contributed by atoms with van der Waals surface area (Å²) in [5.74, 6) is -2.37. The molecule has 0 unspecified atom stereocenters. The number of aromatic nitrogens is 6. The van der Waals surface area contributed by atoms with Gasteiger partial charge in [0.15, 0.2) is 0 Å². The van der Waals surface area contributed by atoms with Gasteiger partial charge in [-0.25, -0.2) is 0 Å². The molecule has 38 nitrogen and oxygen atoms in total. The first-order valence-corrected chi connectivity index (χ1v) is 36.6. The van der Waals surface area contributed by atoms with E-state index in [4.69, 9.17) is 37.4 Å². The number of hydrogen-bond donors (Lipinski definition) is 11. The fourth-order valence-corrected chi connectivity index (χ4v) is 13.7. The Balaban J connectivity index is 1.04. The predicted octanol–water partition coefficient (Wildman–Crippen LogP) is 12.2. The first-order chi connectivity index (χ1) is 48.3. The summed E-state index contributed by atoms with van der Waals surface area (Å²) >= 11 is 13.1. The Morgan fingerprint density at radius 2 is 0.903 bits per heavy atom. The minimum absolute atomic E-state index is 0.0121. The average Bonchev–Trinajstić information content (AvgIpc) is 0.767. The largest absolute Gasteiger partial charge is 0.494 e. The number of aryl methyl sites for hydroxylation is 1. The molecule has 7 aromatic carbocycles. The van der Waals surface area contributed by atoms with E-state index in [9.17, 15) is 74.4 Å². The molecule has 0 fully saturated rings. The molecule has 0 aliphatic heterocycles. The number of carbonyl (C=O) groups excluding carboxylic acids is 2. The van der Waals surface area contributed by atoms with E-state index in [-0.39, 0.29) is 148 Å². The highest BCUT2D eigenvalue weighted by Crippen LogP contribution is 2.45. The second kappa shape index (κ2) is 29.5. The van der Waals surface area contributed by atoms with Crippen molar-refractivity contribution < 1.29 is 88.7 Å². The smallest absolute Gasteiger partial charge is 0.295 e. The molecule has 9 aromatic rings. The van der Waals surface area contributed by atoms with E-state index in [1.807, 2.05) is 0 Å². The van der Waals surface area contributed by atoms with Crippen molar-refractivity contribution in [1.82, 2.24) is 29.9 Å². The van der Waals surface area contributed by atoms with Gasteiger partial charge in [-0.1, -0.05) is 18.2 Å². The summed E-state index contributed by atoms with van der Waals surface area (Å²) in [5.41, 5.74) is -0.533. The zero-order chi connectivity index (χ0) is 74.8. The minimum Gasteiger partial charge on any atom is -0.494 e. The van der Waals surface area contributed by atoms with Gasteiger partial charge in [0.25, 0.3) is 50.6 Å². The SMILES string of the molecule is COc1cc(N=Nc2cc(S(=O)(=O)O)c3cccc(S(=O)(=O)O)c3c2)c(NC(C)=O)cc1Nc1nc(Cl)nc(Nc2cc(Nc3nc(Cl)nc(Nc4cc(NC(C)=O)c(N=NC5=C(S(=O)(=O)O)CCC=C5)cc4OC)n3)c(OC)cc2N=Nc2cc3c(S(=O)(=O)O)cc(S(=O)(=O)O)cc3cc2C)n1. The lowest BCUT2D eigenvalue weighted by Gasteiger charge is -2.17. The quantitative estimate of drug-likeness (QED) is 0.0198. The van der Waals surface area contributed by atoms with Crippen molar-refractivity contribution in [3.8, 4) is 17.2 Å². The monoisotopic (exact) mass is 1550 g/mol. The van der Waals surface area contributed by atoms with Gasteiger partial charge in [0, 0.05) is 48.2 Å². The molecule has 11 N–H and O–H groups in total. The van der Waals surface area contributed by atoms with Crippen molar-refractivity contribution in [3.63, 3.8) is 0 Å². The van der Waals surface area contributed by atoms with Crippen LogP contribution in [0.4, 0.5) is 86.4 Å². The van der Waals surface area contributed by atoms with Gasteiger partial charge < -0.3 is 46.1 Å². The molecule has 2 heterocycles. The van der Waals surface area contributed by atoms with Crippen LogP contribution in [0.5, 0.6) is 17.2 Å². The molecule has 0 saturated carbocycles. The van der Waals surface area contributed by atoms with E-state index in [1.165, 1.54) is 95.9 Å². The maximum absolute atomic E-state index is 12.7. The number of carbonyl (C=O) groups is 2. The Bertz CT molecular complexity index is 5840. The number of ether oxygens (including phenoxy) is 3. The number of amides is 2. The van der Waals surface area contributed by atoms with Crippen LogP contribution in [0.2, 0.25) is 10.6 Å². The van der Waals surface area contributed by atoms with Gasteiger partial charge in [-0.05, 0) is 121 Å². The maximum Gasteiger partial charge on any atom is 0.295 e. The summed E-state index contributed by atoms with van der Waals surface area (Å²) in [6, 6.07) is 17.2. The lowest BCUT2D eigenvalue weighted by molar-refractivity contribution is -0.115. The summed E-state index contributed by atoms with van der Waals surface area (Å²) in [6.07, 6.45) is 3.26. The summed E-state index contributed by atoms with van der Waals surface area (Å²) in [4.78, 5) is 47.4. The van der Waals surface area contributed by atoms with Crippen LogP contribution in [0.15, 0.2) is 164 Å². The number of rotatable bonds is 24. The van der Waals surface area contributed by atoms with Gasteiger partial charge in [0.2, 0.25) is 46.2 Å². The van der Waals surface area contributed by atoms with Gasteiger partial charge in [-0.15, -0.1) is 20.5 Å². The number of methoxy groups -OCH3 is 3. The van der Waals surface area contributed by atoms with E-state index in [1.54, 1.807) is 6.08 Å². The topological polar surface area (TPSA) is 557 Å². The van der Waals surface area contributed by atoms with Crippen molar-refractivity contribution in [2.75, 3.05) is 53.2 Å². The van der Waals surface area contributed by atoms with Crippen molar-refractivity contribution in [3.05, 3.63) is 130 Å². The van der Waals surface area contributed by atoms with Gasteiger partial charge in [0.1, 0.15) is 54.7 Å². The third-order valence-electron chi connectivity index (χ3n) is 14.2. The standard InChI is InChI=1S/C58H50Cl2N18O20S5/c1-26-14-29-15-31(99(81,82)83)18-52(103(93,94)95)33(29)19-36(26)75-78-42-25-48(98-6)45(66-58-70-54(60)69-57(72-58)65-44-21-38(62-28(3)80)41(24-47(44)97-5)77-74-35-11-7-8-12-50(35)101(87,88)89)22-39(42)63-55-67-53(59)68-56(71-55)64-43-20-37(61-27(2)79)40(23-46(43)96-4)76-73-30-16-34-32(51(17-30)102(90,91)92)10-9-13-49(34)100(84,85)86/h7,9-11,13-25H,8,12H2,1-6H3,(H,61,79)(H,62,80)(H,81,82,83)(H,84,85,86)(H,87,88,89)(H,90,91,92)(H,93,94,95)(H2,63,64,67,68,71)(H2,65,66,69,70,72). The first kappa shape index (κ1) is 74.7. The van der Waals surface area contributed by atoms with Crippen LogP contribution in [0.3, 0.4) is 0 Å². The Morgan fingerprint density at radius 1 is 0.456 bits per heavy atom. The molecular weight excluding hydrogens is 1500 g/mol.